The lowest BCUT2D eigenvalue weighted by Crippen LogP contribution is -2.31. The zero-order valence-electron chi connectivity index (χ0n) is 18.1. The summed E-state index contributed by atoms with van der Waals surface area (Å²) in [6.07, 6.45) is 3.58. The van der Waals surface area contributed by atoms with Gasteiger partial charge < -0.3 is 14.3 Å². The summed E-state index contributed by atoms with van der Waals surface area (Å²) < 4.78 is 5.60. The lowest BCUT2D eigenvalue weighted by molar-refractivity contribution is 0.0733. The van der Waals surface area contributed by atoms with E-state index in [9.17, 15) is 4.79 Å². The van der Waals surface area contributed by atoms with Gasteiger partial charge in [0.05, 0.1) is 23.0 Å². The van der Waals surface area contributed by atoms with Crippen LogP contribution in [0, 0.1) is 20.8 Å². The molecule has 1 fully saturated rings. The maximum Gasteiger partial charge on any atom is 0.254 e. The first-order valence-corrected chi connectivity index (χ1v) is 10.2. The van der Waals surface area contributed by atoms with Crippen LogP contribution in [0.1, 0.15) is 52.0 Å². The second kappa shape index (κ2) is 7.89. The summed E-state index contributed by atoms with van der Waals surface area (Å²) in [7, 11) is 3.94. The fourth-order valence-corrected chi connectivity index (χ4v) is 3.96. The summed E-state index contributed by atoms with van der Waals surface area (Å²) in [6.45, 7) is 6.47. The number of aromatic nitrogens is 3. The van der Waals surface area contributed by atoms with E-state index in [1.165, 1.54) is 0 Å². The standard InChI is InChI=1S/C23H27N5O2/c1-14-15(2)26-30-22(14)19-13-24-16(3)25-21(19)20-10-7-11-28(20)23(29)17-8-6-9-18(12-17)27(4)5/h6,8-9,12-13,20H,7,10-11H2,1-5H3/t20-/m0/s1. The van der Waals surface area contributed by atoms with Gasteiger partial charge in [-0.05, 0) is 51.8 Å². The summed E-state index contributed by atoms with van der Waals surface area (Å²) in [6, 6.07) is 7.62. The Morgan fingerprint density at radius 3 is 2.73 bits per heavy atom. The van der Waals surface area contributed by atoms with Crippen molar-refractivity contribution >= 4 is 11.6 Å². The van der Waals surface area contributed by atoms with Crippen molar-refractivity contribution in [2.45, 2.75) is 39.7 Å². The minimum absolute atomic E-state index is 0.0221. The Labute approximate surface area is 176 Å². The highest BCUT2D eigenvalue weighted by atomic mass is 16.5. The number of aryl methyl sites for hydroxylation is 2. The van der Waals surface area contributed by atoms with Crippen LogP contribution in [0.5, 0.6) is 0 Å². The van der Waals surface area contributed by atoms with Gasteiger partial charge in [-0.15, -0.1) is 0 Å². The van der Waals surface area contributed by atoms with Gasteiger partial charge in [0.15, 0.2) is 5.76 Å². The van der Waals surface area contributed by atoms with E-state index in [0.717, 1.165) is 41.0 Å². The molecular weight excluding hydrogens is 378 g/mol. The van der Waals surface area contributed by atoms with E-state index in [4.69, 9.17) is 9.51 Å². The molecule has 1 amide bonds. The molecule has 3 aromatic rings. The Morgan fingerprint density at radius 1 is 1.23 bits per heavy atom. The molecule has 30 heavy (non-hydrogen) atoms. The van der Waals surface area contributed by atoms with Crippen LogP contribution in [-0.2, 0) is 0 Å². The zero-order valence-corrected chi connectivity index (χ0v) is 18.1. The Bertz CT molecular complexity index is 1090. The minimum atomic E-state index is -0.123. The lowest BCUT2D eigenvalue weighted by Gasteiger charge is -2.26. The molecule has 0 N–H and O–H groups in total. The average molecular weight is 406 g/mol. The molecule has 7 nitrogen and oxygen atoms in total. The molecule has 156 valence electrons. The van der Waals surface area contributed by atoms with Crippen LogP contribution in [0.15, 0.2) is 35.0 Å². The summed E-state index contributed by atoms with van der Waals surface area (Å²) >= 11 is 0. The zero-order chi connectivity index (χ0) is 21.4. The Morgan fingerprint density at radius 2 is 2.03 bits per heavy atom. The lowest BCUT2D eigenvalue weighted by atomic mass is 10.0. The van der Waals surface area contributed by atoms with Crippen LogP contribution in [0.2, 0.25) is 0 Å². The molecule has 0 saturated carbocycles. The number of amides is 1. The number of anilines is 1. The molecule has 1 aliphatic rings. The molecule has 0 spiro atoms. The summed E-state index contributed by atoms with van der Waals surface area (Å²) in [5.74, 6) is 1.38. The van der Waals surface area contributed by atoms with Crippen LogP contribution in [0.4, 0.5) is 5.69 Å². The number of hydrogen-bond acceptors (Lipinski definition) is 6. The predicted molar refractivity (Wildman–Crippen MR) is 116 cm³/mol. The number of hydrogen-bond donors (Lipinski definition) is 0. The third-order valence-electron chi connectivity index (χ3n) is 5.78. The van der Waals surface area contributed by atoms with Crippen molar-refractivity contribution in [2.24, 2.45) is 0 Å². The van der Waals surface area contributed by atoms with Crippen molar-refractivity contribution in [3.8, 4) is 11.3 Å². The molecule has 1 saturated heterocycles. The third kappa shape index (κ3) is 3.56. The highest BCUT2D eigenvalue weighted by molar-refractivity contribution is 5.95. The number of nitrogens with zero attached hydrogens (tertiary/aromatic N) is 5. The van der Waals surface area contributed by atoms with E-state index in [-0.39, 0.29) is 11.9 Å². The molecule has 0 unspecified atom stereocenters. The van der Waals surface area contributed by atoms with Crippen LogP contribution in [0.3, 0.4) is 0 Å². The van der Waals surface area contributed by atoms with Crippen molar-refractivity contribution in [1.82, 2.24) is 20.0 Å². The normalized spacial score (nSPS) is 16.2. The van der Waals surface area contributed by atoms with Gasteiger partial charge in [0.1, 0.15) is 5.82 Å². The van der Waals surface area contributed by atoms with Crippen LogP contribution in [-0.4, -0.2) is 46.6 Å². The van der Waals surface area contributed by atoms with Crippen LogP contribution in [0.25, 0.3) is 11.3 Å². The Hall–Kier alpha value is -3.22. The summed E-state index contributed by atoms with van der Waals surface area (Å²) in [5.41, 5.74) is 5.14. The minimum Gasteiger partial charge on any atom is -0.378 e. The molecule has 0 radical (unpaired) electrons. The molecule has 0 bridgehead atoms. The van der Waals surface area contributed by atoms with Gasteiger partial charge in [-0.3, -0.25) is 4.79 Å². The summed E-state index contributed by atoms with van der Waals surface area (Å²) in [5, 5.41) is 4.09. The monoisotopic (exact) mass is 405 g/mol. The van der Waals surface area contributed by atoms with Gasteiger partial charge in [0.2, 0.25) is 0 Å². The molecule has 3 heterocycles. The van der Waals surface area contributed by atoms with Gasteiger partial charge in [0.25, 0.3) is 5.91 Å². The smallest absolute Gasteiger partial charge is 0.254 e. The highest BCUT2D eigenvalue weighted by Crippen LogP contribution is 2.38. The number of carbonyl (C=O) groups is 1. The SMILES string of the molecule is Cc1ncc(-c2onc(C)c2C)c([C@@H]2CCCN2C(=O)c2cccc(N(C)C)c2)n1. The third-order valence-corrected chi connectivity index (χ3v) is 5.78. The average Bonchev–Trinajstić information content (AvgIpc) is 3.35. The van der Waals surface area contributed by atoms with E-state index in [1.807, 2.05) is 68.9 Å². The van der Waals surface area contributed by atoms with E-state index in [2.05, 4.69) is 10.1 Å². The molecular formula is C23H27N5O2. The van der Waals surface area contributed by atoms with Crippen molar-refractivity contribution < 1.29 is 9.32 Å². The summed E-state index contributed by atoms with van der Waals surface area (Å²) in [4.78, 5) is 26.5. The van der Waals surface area contributed by atoms with E-state index < -0.39 is 0 Å². The van der Waals surface area contributed by atoms with Gasteiger partial charge >= 0.3 is 0 Å². The van der Waals surface area contributed by atoms with Crippen molar-refractivity contribution in [3.63, 3.8) is 0 Å². The van der Waals surface area contributed by atoms with Crippen LogP contribution >= 0.6 is 0 Å². The first-order valence-electron chi connectivity index (χ1n) is 10.2. The number of carbonyl (C=O) groups excluding carboxylic acids is 1. The topological polar surface area (TPSA) is 75.4 Å². The fourth-order valence-electron chi connectivity index (χ4n) is 3.96. The first kappa shape index (κ1) is 20.1. The second-order valence-corrected chi connectivity index (χ2v) is 8.04. The van der Waals surface area contributed by atoms with Crippen molar-refractivity contribution in [3.05, 3.63) is 58.8 Å². The molecule has 1 aliphatic heterocycles. The van der Waals surface area contributed by atoms with Gasteiger partial charge in [-0.25, -0.2) is 9.97 Å². The maximum absolute atomic E-state index is 13.4. The van der Waals surface area contributed by atoms with Gasteiger partial charge in [-0.1, -0.05) is 11.2 Å². The number of rotatable bonds is 4. The van der Waals surface area contributed by atoms with Gasteiger partial charge in [-0.2, -0.15) is 0 Å². The second-order valence-electron chi connectivity index (χ2n) is 8.04. The molecule has 1 aromatic carbocycles. The van der Waals surface area contributed by atoms with E-state index in [1.54, 1.807) is 6.20 Å². The van der Waals surface area contributed by atoms with E-state index in [0.29, 0.717) is 23.7 Å². The highest BCUT2D eigenvalue weighted by Gasteiger charge is 2.34. The first-order chi connectivity index (χ1) is 14.4. The van der Waals surface area contributed by atoms with Crippen molar-refractivity contribution in [1.29, 1.82) is 0 Å². The molecule has 2 aromatic heterocycles. The quantitative estimate of drug-likeness (QED) is 0.650. The Balaban J connectivity index is 1.74. The van der Waals surface area contributed by atoms with Gasteiger partial charge in [0, 0.05) is 43.7 Å². The van der Waals surface area contributed by atoms with Crippen LogP contribution < -0.4 is 4.90 Å². The van der Waals surface area contributed by atoms with E-state index >= 15 is 0 Å². The molecule has 1 atom stereocenters. The Kier molecular flexibility index (Phi) is 5.28. The number of benzene rings is 1. The fraction of sp³-hybridized carbons (Fsp3) is 0.391. The molecule has 0 aliphatic carbocycles. The number of likely N-dealkylation sites (tertiary alicyclic amines) is 1. The maximum atomic E-state index is 13.4. The van der Waals surface area contributed by atoms with Crippen molar-refractivity contribution in [2.75, 3.05) is 25.5 Å². The predicted octanol–water partition coefficient (Wildman–Crippen LogP) is 4.10. The largest absolute Gasteiger partial charge is 0.378 e. The molecule has 7 heteroatoms. The molecule has 4 rings (SSSR count).